The van der Waals surface area contributed by atoms with Gasteiger partial charge in [0.2, 0.25) is 0 Å². The second kappa shape index (κ2) is 6.14. The van der Waals surface area contributed by atoms with Crippen molar-refractivity contribution in [3.63, 3.8) is 0 Å². The van der Waals surface area contributed by atoms with Crippen molar-refractivity contribution >= 4 is 21.8 Å². The largest absolute Gasteiger partial charge is 0.309 e. The highest BCUT2D eigenvalue weighted by Gasteiger charge is 2.14. The van der Waals surface area contributed by atoms with E-state index in [-0.39, 0.29) is 0 Å². The van der Waals surface area contributed by atoms with Gasteiger partial charge in [-0.1, -0.05) is 78.4 Å². The molecular weight excluding hydrogens is 326 g/mol. The van der Waals surface area contributed by atoms with Crippen LogP contribution >= 0.6 is 0 Å². The van der Waals surface area contributed by atoms with Crippen molar-refractivity contribution in [1.29, 1.82) is 0 Å². The Kier molecular flexibility index (Phi) is 3.61. The molecule has 1 nitrogen and oxygen atoms in total. The molecule has 0 radical (unpaired) electrons. The number of hydrogen-bond donors (Lipinski definition) is 0. The number of fused-ring (bicyclic) bond motifs is 3. The summed E-state index contributed by atoms with van der Waals surface area (Å²) in [7, 11) is 0. The maximum Gasteiger partial charge on any atom is 0.0541 e. The number of hydrogen-bond acceptors (Lipinski definition) is 0. The molecule has 4 aromatic carbocycles. The standard InChI is InChI=1S/C26H21N/c1-18-14-16-20(17-15-18)21-10-7-13-24(19(21)2)27-25-11-5-3-8-22(25)23-9-4-6-12-26(23)27/h3-17H,1-2H3. The van der Waals surface area contributed by atoms with E-state index in [0.717, 1.165) is 0 Å². The van der Waals surface area contributed by atoms with Gasteiger partial charge in [0.1, 0.15) is 0 Å². The molecule has 0 unspecified atom stereocenters. The van der Waals surface area contributed by atoms with Gasteiger partial charge < -0.3 is 4.57 Å². The molecule has 5 aromatic rings. The lowest BCUT2D eigenvalue weighted by Crippen LogP contribution is -1.98. The van der Waals surface area contributed by atoms with Crippen molar-refractivity contribution in [2.45, 2.75) is 13.8 Å². The van der Waals surface area contributed by atoms with Gasteiger partial charge in [-0.2, -0.15) is 0 Å². The monoisotopic (exact) mass is 347 g/mol. The van der Waals surface area contributed by atoms with Crippen molar-refractivity contribution in [1.82, 2.24) is 4.57 Å². The lowest BCUT2D eigenvalue weighted by molar-refractivity contribution is 1.15. The van der Waals surface area contributed by atoms with Crippen molar-refractivity contribution in [3.05, 3.63) is 102 Å². The molecule has 5 rings (SSSR count). The third kappa shape index (κ3) is 2.47. The Hall–Kier alpha value is -3.32. The van der Waals surface area contributed by atoms with Crippen LogP contribution < -0.4 is 0 Å². The molecule has 0 aliphatic carbocycles. The number of nitrogens with zero attached hydrogens (tertiary/aromatic N) is 1. The van der Waals surface area contributed by atoms with Crippen molar-refractivity contribution in [2.24, 2.45) is 0 Å². The highest BCUT2D eigenvalue weighted by atomic mass is 15.0. The first-order chi connectivity index (χ1) is 13.2. The Morgan fingerprint density at radius 1 is 0.556 bits per heavy atom. The molecule has 27 heavy (non-hydrogen) atoms. The Morgan fingerprint density at radius 3 is 1.78 bits per heavy atom. The average Bonchev–Trinajstić information content (AvgIpc) is 3.04. The van der Waals surface area contributed by atoms with Gasteiger partial charge in [0, 0.05) is 16.5 Å². The van der Waals surface area contributed by atoms with Crippen LogP contribution in [0.25, 0.3) is 38.6 Å². The minimum atomic E-state index is 1.24. The minimum absolute atomic E-state index is 1.24. The van der Waals surface area contributed by atoms with Gasteiger partial charge in [-0.3, -0.25) is 0 Å². The van der Waals surface area contributed by atoms with Crippen LogP contribution in [-0.4, -0.2) is 4.57 Å². The zero-order chi connectivity index (χ0) is 18.4. The molecule has 1 heteroatoms. The highest BCUT2D eigenvalue weighted by Crippen LogP contribution is 2.35. The average molecular weight is 347 g/mol. The number of rotatable bonds is 2. The van der Waals surface area contributed by atoms with Crippen LogP contribution in [0.2, 0.25) is 0 Å². The van der Waals surface area contributed by atoms with Crippen LogP contribution in [0.1, 0.15) is 11.1 Å². The number of benzene rings is 4. The van der Waals surface area contributed by atoms with Crippen molar-refractivity contribution in [2.75, 3.05) is 0 Å². The number of para-hydroxylation sites is 2. The highest BCUT2D eigenvalue weighted by molar-refractivity contribution is 6.09. The van der Waals surface area contributed by atoms with Gasteiger partial charge in [0.25, 0.3) is 0 Å². The van der Waals surface area contributed by atoms with Gasteiger partial charge in [-0.05, 0) is 48.7 Å². The molecule has 0 saturated heterocycles. The summed E-state index contributed by atoms with van der Waals surface area (Å²) in [5, 5.41) is 2.60. The zero-order valence-electron chi connectivity index (χ0n) is 15.6. The van der Waals surface area contributed by atoms with E-state index in [1.54, 1.807) is 0 Å². The van der Waals surface area contributed by atoms with Crippen LogP contribution in [-0.2, 0) is 0 Å². The smallest absolute Gasteiger partial charge is 0.0541 e. The Morgan fingerprint density at radius 2 is 1.15 bits per heavy atom. The Labute approximate surface area is 159 Å². The van der Waals surface area contributed by atoms with E-state index < -0.39 is 0 Å². The Balaban J connectivity index is 1.83. The van der Waals surface area contributed by atoms with Gasteiger partial charge in [-0.25, -0.2) is 0 Å². The number of aryl methyl sites for hydroxylation is 1. The Bertz CT molecular complexity index is 1220. The van der Waals surface area contributed by atoms with Crippen molar-refractivity contribution in [3.8, 4) is 16.8 Å². The second-order valence-corrected chi connectivity index (χ2v) is 7.19. The second-order valence-electron chi connectivity index (χ2n) is 7.19. The molecule has 0 bridgehead atoms. The molecule has 1 heterocycles. The van der Waals surface area contributed by atoms with E-state index in [4.69, 9.17) is 0 Å². The third-order valence-electron chi connectivity index (χ3n) is 5.49. The predicted molar refractivity (Wildman–Crippen MR) is 116 cm³/mol. The fourth-order valence-electron chi connectivity index (χ4n) is 4.09. The molecule has 0 aliphatic rings. The fourth-order valence-corrected chi connectivity index (χ4v) is 4.09. The first-order valence-corrected chi connectivity index (χ1v) is 9.39. The van der Waals surface area contributed by atoms with E-state index in [2.05, 4.69) is 109 Å². The molecule has 130 valence electrons. The topological polar surface area (TPSA) is 4.93 Å². The van der Waals surface area contributed by atoms with Gasteiger partial charge >= 0.3 is 0 Å². The maximum absolute atomic E-state index is 2.40. The van der Waals surface area contributed by atoms with Crippen LogP contribution in [0.3, 0.4) is 0 Å². The van der Waals surface area contributed by atoms with E-state index in [9.17, 15) is 0 Å². The fraction of sp³-hybridized carbons (Fsp3) is 0.0769. The lowest BCUT2D eigenvalue weighted by Gasteiger charge is -2.15. The molecule has 0 N–H and O–H groups in total. The summed E-state index contributed by atoms with van der Waals surface area (Å²) in [5.41, 5.74) is 8.88. The molecule has 0 spiro atoms. The van der Waals surface area contributed by atoms with Gasteiger partial charge in [0.05, 0.1) is 11.0 Å². The summed E-state index contributed by atoms with van der Waals surface area (Å²) in [6, 6.07) is 32.8. The summed E-state index contributed by atoms with van der Waals surface area (Å²) >= 11 is 0. The van der Waals surface area contributed by atoms with E-state index in [1.807, 2.05) is 0 Å². The van der Waals surface area contributed by atoms with E-state index >= 15 is 0 Å². The quantitative estimate of drug-likeness (QED) is 0.322. The molecule has 0 saturated carbocycles. The van der Waals surface area contributed by atoms with Gasteiger partial charge in [-0.15, -0.1) is 0 Å². The van der Waals surface area contributed by atoms with Crippen LogP contribution in [0.15, 0.2) is 91.0 Å². The summed E-state index contributed by atoms with van der Waals surface area (Å²) in [4.78, 5) is 0. The SMILES string of the molecule is Cc1ccc(-c2cccc(-n3c4ccccc4c4ccccc43)c2C)cc1. The molecule has 0 atom stereocenters. The minimum Gasteiger partial charge on any atom is -0.309 e. The summed E-state index contributed by atoms with van der Waals surface area (Å²) in [6.07, 6.45) is 0. The molecule has 1 aromatic heterocycles. The van der Waals surface area contributed by atoms with Crippen LogP contribution in [0.5, 0.6) is 0 Å². The molecular formula is C26H21N. The normalized spacial score (nSPS) is 11.3. The predicted octanol–water partition coefficient (Wildman–Crippen LogP) is 7.07. The maximum atomic E-state index is 2.40. The lowest BCUT2D eigenvalue weighted by atomic mass is 9.98. The first kappa shape index (κ1) is 15.9. The van der Waals surface area contributed by atoms with Crippen LogP contribution in [0, 0.1) is 13.8 Å². The first-order valence-electron chi connectivity index (χ1n) is 9.39. The van der Waals surface area contributed by atoms with Crippen molar-refractivity contribution < 1.29 is 0 Å². The summed E-state index contributed by atoms with van der Waals surface area (Å²) in [5.74, 6) is 0. The number of aromatic nitrogens is 1. The van der Waals surface area contributed by atoms with Crippen LogP contribution in [0.4, 0.5) is 0 Å². The zero-order valence-corrected chi connectivity index (χ0v) is 15.6. The van der Waals surface area contributed by atoms with E-state index in [0.29, 0.717) is 0 Å². The summed E-state index contributed by atoms with van der Waals surface area (Å²) in [6.45, 7) is 4.36. The molecule has 0 fully saturated rings. The third-order valence-corrected chi connectivity index (χ3v) is 5.49. The molecule has 0 amide bonds. The summed E-state index contributed by atoms with van der Waals surface area (Å²) < 4.78 is 2.40. The van der Waals surface area contributed by atoms with Gasteiger partial charge in [0.15, 0.2) is 0 Å². The van der Waals surface area contributed by atoms with E-state index in [1.165, 1.54) is 49.7 Å². The molecule has 0 aliphatic heterocycles.